The molecule has 0 saturated carbocycles. The average molecular weight is 304 g/mol. The molecule has 0 atom stereocenters. The van der Waals surface area contributed by atoms with Crippen molar-refractivity contribution >= 4 is 11.3 Å². The third-order valence-electron chi connectivity index (χ3n) is 2.31. The van der Waals surface area contributed by atoms with Gasteiger partial charge < -0.3 is 15.0 Å². The van der Waals surface area contributed by atoms with Crippen LogP contribution in [0.5, 0.6) is 0 Å². The van der Waals surface area contributed by atoms with Crippen molar-refractivity contribution in [3.8, 4) is 11.6 Å². The van der Waals surface area contributed by atoms with Gasteiger partial charge in [0, 0.05) is 18.2 Å². The molecule has 2 N–H and O–H groups in total. The van der Waals surface area contributed by atoms with E-state index in [0.29, 0.717) is 36.8 Å². The van der Waals surface area contributed by atoms with Gasteiger partial charge in [-0.1, -0.05) is 5.16 Å². The van der Waals surface area contributed by atoms with Crippen LogP contribution in [0.1, 0.15) is 10.8 Å². The minimum Gasteiger partial charge on any atom is -0.375 e. The molecule has 0 fully saturated rings. The molecule has 110 valence electrons. The molecule has 2 aromatic heterocycles. The molecule has 0 radical (unpaired) electrons. The van der Waals surface area contributed by atoms with Gasteiger partial charge in [-0.25, -0.2) is 13.8 Å². The van der Waals surface area contributed by atoms with E-state index < -0.39 is 13.0 Å². The summed E-state index contributed by atoms with van der Waals surface area (Å²) in [6.45, 7) is 0.0710. The summed E-state index contributed by atoms with van der Waals surface area (Å²) in [5.41, 5.74) is 6.05. The fourth-order valence-corrected chi connectivity index (χ4v) is 2.23. The second kappa shape index (κ2) is 7.36. The van der Waals surface area contributed by atoms with E-state index in [1.54, 1.807) is 0 Å². The Morgan fingerprint density at radius 2 is 2.20 bits per heavy atom. The van der Waals surface area contributed by atoms with E-state index in [9.17, 15) is 8.78 Å². The van der Waals surface area contributed by atoms with Crippen molar-refractivity contribution < 1.29 is 18.0 Å². The molecular weight excluding hydrogens is 290 g/mol. The van der Waals surface area contributed by atoms with Crippen LogP contribution in [0.2, 0.25) is 0 Å². The Hall–Kier alpha value is -1.45. The molecule has 0 bridgehead atoms. The first-order chi connectivity index (χ1) is 9.69. The van der Waals surface area contributed by atoms with E-state index in [2.05, 4.69) is 15.1 Å². The summed E-state index contributed by atoms with van der Waals surface area (Å²) in [4.78, 5) is 8.45. The maximum atomic E-state index is 11.9. The number of halogens is 2. The molecule has 2 aromatic rings. The summed E-state index contributed by atoms with van der Waals surface area (Å²) in [6, 6.07) is 0. The summed E-state index contributed by atoms with van der Waals surface area (Å²) >= 11 is 1.48. The molecule has 0 aliphatic heterocycles. The van der Waals surface area contributed by atoms with Crippen LogP contribution in [-0.2, 0) is 17.6 Å². The summed E-state index contributed by atoms with van der Waals surface area (Å²) < 4.78 is 33.5. The number of hydrogen-bond donors (Lipinski definition) is 1. The molecule has 0 aliphatic rings. The molecule has 6 nitrogen and oxygen atoms in total. The number of hydrogen-bond acceptors (Lipinski definition) is 7. The number of aromatic nitrogens is 3. The Morgan fingerprint density at radius 1 is 1.35 bits per heavy atom. The molecular formula is C11H14F2N4O2S. The van der Waals surface area contributed by atoms with E-state index in [1.165, 1.54) is 11.3 Å². The van der Waals surface area contributed by atoms with Crippen LogP contribution in [0.15, 0.2) is 9.90 Å². The highest BCUT2D eigenvalue weighted by Gasteiger charge is 2.12. The Labute approximate surface area is 118 Å². The topological polar surface area (TPSA) is 87.1 Å². The Bertz CT molecular complexity index is 532. The lowest BCUT2D eigenvalue weighted by Crippen LogP contribution is -2.07. The SMILES string of the molecule is NCCc1nc(-c2nc(CCOCC(F)F)no2)cs1. The minimum atomic E-state index is -2.47. The van der Waals surface area contributed by atoms with Crippen molar-refractivity contribution in [2.45, 2.75) is 19.3 Å². The van der Waals surface area contributed by atoms with Gasteiger partial charge in [-0.15, -0.1) is 11.3 Å². The van der Waals surface area contributed by atoms with E-state index in [0.717, 1.165) is 5.01 Å². The van der Waals surface area contributed by atoms with Crippen LogP contribution in [0, 0.1) is 0 Å². The molecule has 20 heavy (non-hydrogen) atoms. The number of alkyl halides is 2. The zero-order valence-corrected chi connectivity index (χ0v) is 11.4. The van der Waals surface area contributed by atoms with Crippen LogP contribution in [0.25, 0.3) is 11.6 Å². The van der Waals surface area contributed by atoms with Gasteiger partial charge >= 0.3 is 0 Å². The number of thiazole rings is 1. The van der Waals surface area contributed by atoms with Crippen molar-refractivity contribution in [1.82, 2.24) is 15.1 Å². The lowest BCUT2D eigenvalue weighted by atomic mass is 10.4. The van der Waals surface area contributed by atoms with Gasteiger partial charge in [0.15, 0.2) is 5.82 Å². The lowest BCUT2D eigenvalue weighted by molar-refractivity contribution is 0.0182. The van der Waals surface area contributed by atoms with Gasteiger partial charge in [0.05, 0.1) is 11.6 Å². The van der Waals surface area contributed by atoms with Gasteiger partial charge in [0.2, 0.25) is 0 Å². The van der Waals surface area contributed by atoms with E-state index in [4.69, 9.17) is 15.0 Å². The summed E-state index contributed by atoms with van der Waals surface area (Å²) in [7, 11) is 0. The molecule has 2 rings (SSSR count). The van der Waals surface area contributed by atoms with E-state index in [1.807, 2.05) is 5.38 Å². The highest BCUT2D eigenvalue weighted by Crippen LogP contribution is 2.20. The fraction of sp³-hybridized carbons (Fsp3) is 0.545. The largest absolute Gasteiger partial charge is 0.375 e. The summed E-state index contributed by atoms with van der Waals surface area (Å²) in [6.07, 6.45) is -1.45. The zero-order valence-electron chi connectivity index (χ0n) is 10.6. The fourth-order valence-electron chi connectivity index (χ4n) is 1.44. The molecule has 0 spiro atoms. The van der Waals surface area contributed by atoms with E-state index >= 15 is 0 Å². The summed E-state index contributed by atoms with van der Waals surface area (Å²) in [5, 5.41) is 6.47. The first-order valence-corrected chi connectivity index (χ1v) is 6.90. The standard InChI is InChI=1S/C11H14F2N4O2S/c12-8(13)5-18-4-2-9-16-11(19-17-9)7-6-20-10(15-7)1-3-14/h6,8H,1-5,14H2. The molecule has 0 aliphatic carbocycles. The zero-order chi connectivity index (χ0) is 14.4. The molecule has 0 aromatic carbocycles. The second-order valence-electron chi connectivity index (χ2n) is 3.90. The molecule has 2 heterocycles. The smallest absolute Gasteiger partial charge is 0.277 e. The molecule has 0 unspecified atom stereocenters. The summed E-state index contributed by atoms with van der Waals surface area (Å²) in [5.74, 6) is 0.719. The van der Waals surface area contributed by atoms with Crippen molar-refractivity contribution in [3.05, 3.63) is 16.2 Å². The molecule has 0 amide bonds. The van der Waals surface area contributed by atoms with Crippen LogP contribution in [0.4, 0.5) is 8.78 Å². The molecule has 0 saturated heterocycles. The predicted octanol–water partition coefficient (Wildman–Crippen LogP) is 1.52. The van der Waals surface area contributed by atoms with Crippen LogP contribution < -0.4 is 5.73 Å². The van der Waals surface area contributed by atoms with Crippen molar-refractivity contribution in [2.24, 2.45) is 5.73 Å². The van der Waals surface area contributed by atoms with Crippen molar-refractivity contribution in [1.29, 1.82) is 0 Å². The quantitative estimate of drug-likeness (QED) is 0.744. The first-order valence-electron chi connectivity index (χ1n) is 6.02. The van der Waals surface area contributed by atoms with Gasteiger partial charge in [0.25, 0.3) is 12.3 Å². The normalized spacial score (nSPS) is 11.4. The number of ether oxygens (including phenoxy) is 1. The van der Waals surface area contributed by atoms with Gasteiger partial charge in [-0.3, -0.25) is 0 Å². The van der Waals surface area contributed by atoms with Gasteiger partial charge in [-0.05, 0) is 6.54 Å². The monoisotopic (exact) mass is 304 g/mol. The lowest BCUT2D eigenvalue weighted by Gasteiger charge is -1.99. The van der Waals surface area contributed by atoms with Gasteiger partial charge in [-0.2, -0.15) is 4.98 Å². The highest BCUT2D eigenvalue weighted by molar-refractivity contribution is 7.09. The second-order valence-corrected chi connectivity index (χ2v) is 4.84. The highest BCUT2D eigenvalue weighted by atomic mass is 32.1. The minimum absolute atomic E-state index is 0.124. The Balaban J connectivity index is 1.87. The maximum Gasteiger partial charge on any atom is 0.277 e. The molecule has 9 heteroatoms. The van der Waals surface area contributed by atoms with Crippen LogP contribution in [0.3, 0.4) is 0 Å². The van der Waals surface area contributed by atoms with Crippen LogP contribution in [-0.4, -0.2) is 41.3 Å². The average Bonchev–Trinajstić information content (AvgIpc) is 3.03. The van der Waals surface area contributed by atoms with Gasteiger partial charge in [0.1, 0.15) is 12.3 Å². The Kier molecular flexibility index (Phi) is 5.50. The first kappa shape index (κ1) is 14.9. The predicted molar refractivity (Wildman–Crippen MR) is 68.7 cm³/mol. The maximum absolute atomic E-state index is 11.9. The number of rotatable bonds is 8. The third-order valence-corrected chi connectivity index (χ3v) is 3.22. The van der Waals surface area contributed by atoms with Crippen LogP contribution >= 0.6 is 11.3 Å². The third kappa shape index (κ3) is 4.29. The van der Waals surface area contributed by atoms with Crippen molar-refractivity contribution in [3.63, 3.8) is 0 Å². The number of nitrogens with two attached hydrogens (primary N) is 1. The Morgan fingerprint density at radius 3 is 2.95 bits per heavy atom. The van der Waals surface area contributed by atoms with Crippen molar-refractivity contribution in [2.75, 3.05) is 19.8 Å². The number of nitrogens with zero attached hydrogens (tertiary/aromatic N) is 3. The van der Waals surface area contributed by atoms with E-state index in [-0.39, 0.29) is 6.61 Å².